The average molecular weight is 656 g/mol. The van der Waals surface area contributed by atoms with Crippen LogP contribution in [0.1, 0.15) is 69.0 Å². The molecule has 0 bridgehead atoms. The van der Waals surface area contributed by atoms with Crippen LogP contribution in [0.4, 0.5) is 5.00 Å². The number of carbonyl (C=O) groups is 3. The van der Waals surface area contributed by atoms with E-state index in [0.717, 1.165) is 41.7 Å². The Hall–Kier alpha value is -5.16. The van der Waals surface area contributed by atoms with Gasteiger partial charge in [-0.25, -0.2) is 10.2 Å². The summed E-state index contributed by atoms with van der Waals surface area (Å²) in [5.41, 5.74) is 6.06. The standard InChI is InChI=1S/C36H37N3O7S/c1-4-44-36(42)32-28-12-8-9-13-31(28)47-35(32)38-34(41)26-15-17-27(18-16-26)46-23(2)33(40)39-37-21-25-14-19-29(30(20-25)43-3)45-22-24-10-6-5-7-11-24/h5-7,10-11,14-21,23H,4,8-9,12-13,22H2,1-3H3,(H,38,41)(H,39,40)/b37-21-/t23-/m1/s1. The van der Waals surface area contributed by atoms with Crippen LogP contribution in [-0.2, 0) is 29.0 Å². The highest BCUT2D eigenvalue weighted by Gasteiger charge is 2.27. The lowest BCUT2D eigenvalue weighted by Gasteiger charge is -2.14. The molecule has 11 heteroatoms. The number of fused-ring (bicyclic) bond motifs is 1. The van der Waals surface area contributed by atoms with Crippen molar-refractivity contribution in [3.8, 4) is 17.2 Å². The Morgan fingerprint density at radius 2 is 1.74 bits per heavy atom. The van der Waals surface area contributed by atoms with Crippen molar-refractivity contribution in [2.75, 3.05) is 19.0 Å². The normalized spacial score (nSPS) is 12.9. The minimum absolute atomic E-state index is 0.260. The van der Waals surface area contributed by atoms with Crippen molar-refractivity contribution < 1.29 is 33.3 Å². The van der Waals surface area contributed by atoms with Crippen molar-refractivity contribution in [1.29, 1.82) is 0 Å². The molecule has 1 aromatic heterocycles. The Morgan fingerprint density at radius 1 is 0.979 bits per heavy atom. The Morgan fingerprint density at radius 3 is 2.49 bits per heavy atom. The van der Waals surface area contributed by atoms with Gasteiger partial charge in [-0.1, -0.05) is 30.3 Å². The lowest BCUT2D eigenvalue weighted by molar-refractivity contribution is -0.127. The zero-order valence-electron chi connectivity index (χ0n) is 26.5. The molecule has 2 N–H and O–H groups in total. The van der Waals surface area contributed by atoms with E-state index in [4.69, 9.17) is 18.9 Å². The molecule has 5 rings (SSSR count). The molecular formula is C36H37N3O7S. The fraction of sp³-hybridized carbons (Fsp3) is 0.278. The smallest absolute Gasteiger partial charge is 0.341 e. The van der Waals surface area contributed by atoms with Crippen molar-refractivity contribution in [2.45, 2.75) is 52.2 Å². The van der Waals surface area contributed by atoms with Crippen molar-refractivity contribution in [3.63, 3.8) is 0 Å². The summed E-state index contributed by atoms with van der Waals surface area (Å²) >= 11 is 1.44. The van der Waals surface area contributed by atoms with Crippen LogP contribution in [0.3, 0.4) is 0 Å². The molecule has 0 aliphatic heterocycles. The second kappa shape index (κ2) is 15.9. The Bertz CT molecular complexity index is 1740. The molecule has 1 aliphatic rings. The van der Waals surface area contributed by atoms with E-state index in [1.54, 1.807) is 63.4 Å². The van der Waals surface area contributed by atoms with Gasteiger partial charge in [0.1, 0.15) is 17.4 Å². The van der Waals surface area contributed by atoms with E-state index in [-0.39, 0.29) is 12.5 Å². The van der Waals surface area contributed by atoms with E-state index >= 15 is 0 Å². The van der Waals surface area contributed by atoms with Gasteiger partial charge in [0.05, 0.1) is 25.5 Å². The summed E-state index contributed by atoms with van der Waals surface area (Å²) in [5, 5.41) is 7.47. The number of aryl methyl sites for hydroxylation is 1. The second-order valence-corrected chi connectivity index (χ2v) is 11.9. The number of rotatable bonds is 13. The molecule has 2 amide bonds. The molecule has 0 saturated carbocycles. The van der Waals surface area contributed by atoms with Gasteiger partial charge in [-0.2, -0.15) is 5.10 Å². The first-order valence-electron chi connectivity index (χ1n) is 15.4. The highest BCUT2D eigenvalue weighted by molar-refractivity contribution is 7.17. The SMILES string of the molecule is CCOC(=O)c1c(NC(=O)c2ccc(O[C@H](C)C(=O)N/N=C\c3ccc(OCc4ccccc4)c(OC)c3)cc2)sc2c1CCCC2. The third-order valence-corrected chi connectivity index (χ3v) is 8.70. The van der Waals surface area contributed by atoms with Crippen LogP contribution in [-0.4, -0.2) is 43.8 Å². The fourth-order valence-electron chi connectivity index (χ4n) is 5.07. The average Bonchev–Trinajstić information content (AvgIpc) is 3.46. The molecule has 1 atom stereocenters. The maximum absolute atomic E-state index is 13.1. The monoisotopic (exact) mass is 655 g/mol. The summed E-state index contributed by atoms with van der Waals surface area (Å²) in [6.07, 6.45) is 4.38. The molecule has 0 unspecified atom stereocenters. The molecule has 1 aliphatic carbocycles. The summed E-state index contributed by atoms with van der Waals surface area (Å²) in [7, 11) is 1.56. The third kappa shape index (κ3) is 8.56. The molecule has 4 aromatic rings. The third-order valence-electron chi connectivity index (χ3n) is 7.49. The van der Waals surface area contributed by atoms with Crippen molar-refractivity contribution in [3.05, 3.63) is 105 Å². The number of ether oxygens (including phenoxy) is 4. The van der Waals surface area contributed by atoms with Crippen molar-refractivity contribution in [2.24, 2.45) is 5.10 Å². The van der Waals surface area contributed by atoms with E-state index in [1.807, 2.05) is 30.3 Å². The van der Waals surface area contributed by atoms with E-state index in [0.29, 0.717) is 45.5 Å². The van der Waals surface area contributed by atoms with Crippen LogP contribution < -0.4 is 25.0 Å². The van der Waals surface area contributed by atoms with Crippen LogP contribution in [0.5, 0.6) is 17.2 Å². The summed E-state index contributed by atoms with van der Waals surface area (Å²) in [5.74, 6) is 0.320. The fourth-order valence-corrected chi connectivity index (χ4v) is 6.34. The number of anilines is 1. The molecule has 10 nitrogen and oxygen atoms in total. The van der Waals surface area contributed by atoms with E-state index in [9.17, 15) is 14.4 Å². The maximum Gasteiger partial charge on any atom is 0.341 e. The van der Waals surface area contributed by atoms with Gasteiger partial charge < -0.3 is 24.3 Å². The first-order valence-corrected chi connectivity index (χ1v) is 16.2. The van der Waals surface area contributed by atoms with Gasteiger partial charge in [0.2, 0.25) is 0 Å². The minimum Gasteiger partial charge on any atom is -0.493 e. The van der Waals surface area contributed by atoms with Gasteiger partial charge >= 0.3 is 5.97 Å². The topological polar surface area (TPSA) is 125 Å². The number of esters is 1. The zero-order chi connectivity index (χ0) is 33.2. The van der Waals surface area contributed by atoms with Crippen LogP contribution >= 0.6 is 11.3 Å². The number of hydrazone groups is 1. The molecule has 0 fully saturated rings. The highest BCUT2D eigenvalue weighted by atomic mass is 32.1. The maximum atomic E-state index is 13.1. The lowest BCUT2D eigenvalue weighted by atomic mass is 9.95. The molecule has 47 heavy (non-hydrogen) atoms. The summed E-state index contributed by atoms with van der Waals surface area (Å²) < 4.78 is 22.4. The zero-order valence-corrected chi connectivity index (χ0v) is 27.4. The first-order chi connectivity index (χ1) is 22.9. The molecule has 244 valence electrons. The second-order valence-electron chi connectivity index (χ2n) is 10.8. The number of benzene rings is 3. The quantitative estimate of drug-likeness (QED) is 0.0950. The number of amides is 2. The van der Waals surface area contributed by atoms with Crippen LogP contribution in [0.2, 0.25) is 0 Å². The van der Waals surface area contributed by atoms with E-state index in [2.05, 4.69) is 15.8 Å². The van der Waals surface area contributed by atoms with E-state index < -0.39 is 18.0 Å². The summed E-state index contributed by atoms with van der Waals surface area (Å²) in [4.78, 5) is 39.6. The van der Waals surface area contributed by atoms with Crippen LogP contribution in [0, 0.1) is 0 Å². The first kappa shape index (κ1) is 33.2. The van der Waals surface area contributed by atoms with Gasteiger partial charge in [0.25, 0.3) is 11.8 Å². The molecule has 3 aromatic carbocycles. The van der Waals surface area contributed by atoms with Gasteiger partial charge in [-0.05, 0) is 98.7 Å². The number of carbonyl (C=O) groups excluding carboxylic acids is 3. The summed E-state index contributed by atoms with van der Waals surface area (Å²) in [6, 6.07) is 21.6. The molecular weight excluding hydrogens is 618 g/mol. The van der Waals surface area contributed by atoms with Gasteiger partial charge in [-0.15, -0.1) is 11.3 Å². The Balaban J connectivity index is 1.14. The van der Waals surface area contributed by atoms with Gasteiger partial charge in [0.15, 0.2) is 17.6 Å². The van der Waals surface area contributed by atoms with Crippen LogP contribution in [0.15, 0.2) is 77.9 Å². The van der Waals surface area contributed by atoms with E-state index in [1.165, 1.54) is 17.6 Å². The molecule has 1 heterocycles. The van der Waals surface area contributed by atoms with Gasteiger partial charge in [-0.3, -0.25) is 9.59 Å². The predicted octanol–water partition coefficient (Wildman–Crippen LogP) is 6.56. The number of thiophene rings is 1. The summed E-state index contributed by atoms with van der Waals surface area (Å²) in [6.45, 7) is 4.03. The minimum atomic E-state index is -0.861. The molecule has 0 spiro atoms. The number of hydrogen-bond acceptors (Lipinski definition) is 9. The van der Waals surface area contributed by atoms with Crippen molar-refractivity contribution >= 4 is 40.3 Å². The molecule has 0 radical (unpaired) electrons. The van der Waals surface area contributed by atoms with Crippen LogP contribution in [0.25, 0.3) is 0 Å². The Kier molecular flexibility index (Phi) is 11.2. The predicted molar refractivity (Wildman–Crippen MR) is 181 cm³/mol. The highest BCUT2D eigenvalue weighted by Crippen LogP contribution is 2.39. The van der Waals surface area contributed by atoms with Gasteiger partial charge in [0, 0.05) is 10.4 Å². The number of methoxy groups -OCH3 is 1. The number of nitrogens with zero attached hydrogens (tertiary/aromatic N) is 1. The number of nitrogens with one attached hydrogen (secondary N) is 2. The molecule has 0 saturated heterocycles. The van der Waals surface area contributed by atoms with Crippen molar-refractivity contribution in [1.82, 2.24) is 5.43 Å². The largest absolute Gasteiger partial charge is 0.493 e. The Labute approximate surface area is 277 Å². The number of hydrogen-bond donors (Lipinski definition) is 2. The lowest BCUT2D eigenvalue weighted by Crippen LogP contribution is -2.33.